The van der Waals surface area contributed by atoms with Crippen molar-refractivity contribution in [3.8, 4) is 0 Å². The first-order valence-electron chi connectivity index (χ1n) is 7.94. The molecule has 0 fully saturated rings. The molecule has 1 amide bonds. The summed E-state index contributed by atoms with van der Waals surface area (Å²) in [5.41, 5.74) is -0.367. The fourth-order valence-corrected chi connectivity index (χ4v) is 3.21. The van der Waals surface area contributed by atoms with E-state index in [9.17, 15) is 9.59 Å². The smallest absolute Gasteiger partial charge is 0.411 e. The number of ether oxygens (including phenoxy) is 1. The zero-order valence-electron chi connectivity index (χ0n) is 15.1. The van der Waals surface area contributed by atoms with Crippen molar-refractivity contribution in [3.63, 3.8) is 0 Å². The Hall–Kier alpha value is -1.40. The SMILES string of the molecule is C=CCOC(=O)N1CC(C(C)=O)=CC1(CO[SiH](C)C)C(C)(C)C. The van der Waals surface area contributed by atoms with Gasteiger partial charge in [-0.15, -0.1) is 0 Å². The van der Waals surface area contributed by atoms with E-state index in [1.807, 2.05) is 26.8 Å². The van der Waals surface area contributed by atoms with E-state index in [2.05, 4.69) is 19.7 Å². The van der Waals surface area contributed by atoms with Crippen LogP contribution in [0.4, 0.5) is 4.79 Å². The van der Waals surface area contributed by atoms with Gasteiger partial charge in [-0.3, -0.25) is 9.69 Å². The molecule has 0 aliphatic carbocycles. The van der Waals surface area contributed by atoms with E-state index >= 15 is 0 Å². The highest BCUT2D eigenvalue weighted by atomic mass is 28.3. The lowest BCUT2D eigenvalue weighted by Crippen LogP contribution is -2.59. The number of carbonyl (C=O) groups is 2. The molecule has 1 unspecified atom stereocenters. The number of nitrogens with zero attached hydrogens (tertiary/aromatic N) is 1. The lowest BCUT2D eigenvalue weighted by molar-refractivity contribution is -0.113. The van der Waals surface area contributed by atoms with E-state index in [-0.39, 0.29) is 24.3 Å². The molecule has 0 saturated carbocycles. The molecule has 0 aromatic heterocycles. The predicted octanol–water partition coefficient (Wildman–Crippen LogP) is 2.92. The molecule has 0 N–H and O–H groups in total. The van der Waals surface area contributed by atoms with E-state index < -0.39 is 20.7 Å². The molecular weight excluding hydrogens is 310 g/mol. The number of hydrogen-bond acceptors (Lipinski definition) is 4. The van der Waals surface area contributed by atoms with Crippen LogP contribution in [0.15, 0.2) is 24.3 Å². The van der Waals surface area contributed by atoms with Gasteiger partial charge in [-0.2, -0.15) is 0 Å². The molecule has 0 aromatic rings. The van der Waals surface area contributed by atoms with Crippen molar-refractivity contribution in [2.45, 2.75) is 46.3 Å². The number of Topliss-reactive ketones (excluding diaryl/α,β-unsaturated/α-hetero) is 1. The normalized spacial score (nSPS) is 21.3. The minimum absolute atomic E-state index is 0.0283. The van der Waals surface area contributed by atoms with Gasteiger partial charge in [0.2, 0.25) is 0 Å². The monoisotopic (exact) mass is 339 g/mol. The van der Waals surface area contributed by atoms with Crippen LogP contribution in [0, 0.1) is 5.41 Å². The summed E-state index contributed by atoms with van der Waals surface area (Å²) in [5.74, 6) is -0.0283. The number of amides is 1. The summed E-state index contributed by atoms with van der Waals surface area (Å²) in [6.45, 7) is 16.2. The first kappa shape index (κ1) is 19.6. The van der Waals surface area contributed by atoms with Gasteiger partial charge in [0.1, 0.15) is 6.61 Å². The third kappa shape index (κ3) is 4.32. The van der Waals surface area contributed by atoms with Crippen LogP contribution in [0.1, 0.15) is 27.7 Å². The summed E-state index contributed by atoms with van der Waals surface area (Å²) < 4.78 is 11.2. The van der Waals surface area contributed by atoms with E-state index in [0.29, 0.717) is 12.2 Å². The van der Waals surface area contributed by atoms with Gasteiger partial charge in [-0.05, 0) is 31.5 Å². The lowest BCUT2D eigenvalue weighted by Gasteiger charge is -2.46. The van der Waals surface area contributed by atoms with Crippen molar-refractivity contribution in [3.05, 3.63) is 24.3 Å². The number of rotatable bonds is 6. The van der Waals surface area contributed by atoms with Crippen molar-refractivity contribution in [2.24, 2.45) is 5.41 Å². The second-order valence-electron chi connectivity index (χ2n) is 7.21. The van der Waals surface area contributed by atoms with Gasteiger partial charge in [0.15, 0.2) is 14.8 Å². The highest BCUT2D eigenvalue weighted by Crippen LogP contribution is 2.43. The van der Waals surface area contributed by atoms with Crippen LogP contribution in [0.3, 0.4) is 0 Å². The van der Waals surface area contributed by atoms with E-state index in [0.717, 1.165) is 0 Å². The Kier molecular flexibility index (Phi) is 6.36. The van der Waals surface area contributed by atoms with Gasteiger partial charge in [0.05, 0.1) is 18.7 Å². The minimum Gasteiger partial charge on any atom is -0.445 e. The summed E-state index contributed by atoms with van der Waals surface area (Å²) in [4.78, 5) is 26.1. The average molecular weight is 340 g/mol. The van der Waals surface area contributed by atoms with Gasteiger partial charge in [-0.1, -0.05) is 33.4 Å². The van der Waals surface area contributed by atoms with Crippen molar-refractivity contribution < 1.29 is 18.8 Å². The topological polar surface area (TPSA) is 55.8 Å². The second kappa shape index (κ2) is 7.44. The molecule has 0 spiro atoms. The molecule has 23 heavy (non-hydrogen) atoms. The molecule has 130 valence electrons. The molecule has 0 saturated heterocycles. The van der Waals surface area contributed by atoms with Gasteiger partial charge >= 0.3 is 6.09 Å². The van der Waals surface area contributed by atoms with Crippen LogP contribution in [-0.2, 0) is 14.0 Å². The molecular formula is C17H29NO4Si. The van der Waals surface area contributed by atoms with Crippen LogP contribution in [-0.4, -0.2) is 51.1 Å². The van der Waals surface area contributed by atoms with Crippen molar-refractivity contribution >= 4 is 20.9 Å². The summed E-state index contributed by atoms with van der Waals surface area (Å²) in [6, 6.07) is 0. The van der Waals surface area contributed by atoms with Crippen molar-refractivity contribution in [2.75, 3.05) is 19.8 Å². The van der Waals surface area contributed by atoms with Crippen molar-refractivity contribution in [1.29, 1.82) is 0 Å². The summed E-state index contributed by atoms with van der Waals surface area (Å²) >= 11 is 0. The zero-order valence-corrected chi connectivity index (χ0v) is 16.3. The van der Waals surface area contributed by atoms with Gasteiger partial charge in [0, 0.05) is 5.57 Å². The highest BCUT2D eigenvalue weighted by Gasteiger charge is 2.52. The molecule has 0 aromatic carbocycles. The Morgan fingerprint density at radius 2 is 2.04 bits per heavy atom. The largest absolute Gasteiger partial charge is 0.445 e. The standard InChI is InChI=1S/C17H29NO4Si/c1-8-9-21-15(20)18-11-14(13(2)19)10-17(18,16(3,4)5)12-22-23(6)7/h8,10,23H,1,9,11-12H2,2-7H3. The maximum Gasteiger partial charge on any atom is 0.411 e. The first-order chi connectivity index (χ1) is 10.5. The second-order valence-corrected chi connectivity index (χ2v) is 9.64. The van der Waals surface area contributed by atoms with E-state index in [1.54, 1.807) is 4.90 Å². The van der Waals surface area contributed by atoms with E-state index in [1.165, 1.54) is 13.0 Å². The van der Waals surface area contributed by atoms with Gasteiger partial charge in [0.25, 0.3) is 0 Å². The molecule has 6 heteroatoms. The first-order valence-corrected chi connectivity index (χ1v) is 10.7. The predicted molar refractivity (Wildman–Crippen MR) is 94.0 cm³/mol. The fraction of sp³-hybridized carbons (Fsp3) is 0.647. The Balaban J connectivity index is 3.27. The highest BCUT2D eigenvalue weighted by molar-refractivity contribution is 6.48. The molecule has 5 nitrogen and oxygen atoms in total. The maximum atomic E-state index is 12.5. The van der Waals surface area contributed by atoms with Gasteiger partial charge < -0.3 is 9.16 Å². The van der Waals surface area contributed by atoms with Crippen LogP contribution in [0.25, 0.3) is 0 Å². The minimum atomic E-state index is -1.28. The Labute approximate surface area is 141 Å². The number of carbonyl (C=O) groups excluding carboxylic acids is 2. The number of hydrogen-bond donors (Lipinski definition) is 0. The van der Waals surface area contributed by atoms with E-state index in [4.69, 9.17) is 9.16 Å². The maximum absolute atomic E-state index is 12.5. The molecule has 1 aliphatic heterocycles. The Morgan fingerprint density at radius 1 is 1.43 bits per heavy atom. The molecule has 1 aliphatic rings. The number of ketones is 1. The molecule has 0 bridgehead atoms. The van der Waals surface area contributed by atoms with Crippen LogP contribution in [0.2, 0.25) is 13.1 Å². The molecule has 1 heterocycles. The summed E-state index contributed by atoms with van der Waals surface area (Å²) in [6.07, 6.45) is 2.99. The molecule has 1 rings (SSSR count). The summed E-state index contributed by atoms with van der Waals surface area (Å²) in [5, 5.41) is 0. The quantitative estimate of drug-likeness (QED) is 0.551. The third-order valence-electron chi connectivity index (χ3n) is 4.16. The van der Waals surface area contributed by atoms with Crippen LogP contribution in [0.5, 0.6) is 0 Å². The average Bonchev–Trinajstić information content (AvgIpc) is 2.83. The van der Waals surface area contributed by atoms with Crippen molar-refractivity contribution in [1.82, 2.24) is 4.90 Å². The summed E-state index contributed by atoms with van der Waals surface area (Å²) in [7, 11) is -1.28. The zero-order chi connectivity index (χ0) is 17.8. The Morgan fingerprint density at radius 3 is 2.48 bits per heavy atom. The van der Waals surface area contributed by atoms with Crippen LogP contribution >= 0.6 is 0 Å². The van der Waals surface area contributed by atoms with Gasteiger partial charge in [-0.25, -0.2) is 4.79 Å². The lowest BCUT2D eigenvalue weighted by atomic mass is 9.73. The van der Waals surface area contributed by atoms with Crippen LogP contribution < -0.4 is 0 Å². The fourth-order valence-electron chi connectivity index (χ4n) is 2.62. The molecule has 1 atom stereocenters. The molecule has 0 radical (unpaired) electrons. The Bertz CT molecular complexity index is 507. The third-order valence-corrected chi connectivity index (χ3v) is 4.99.